The summed E-state index contributed by atoms with van der Waals surface area (Å²) in [5, 5.41) is 0. The van der Waals surface area contributed by atoms with Crippen LogP contribution in [0.4, 0.5) is 4.39 Å². The van der Waals surface area contributed by atoms with Crippen LogP contribution in [-0.4, -0.2) is 21.0 Å². The Morgan fingerprint density at radius 1 is 1.07 bits per heavy atom. The van der Waals surface area contributed by atoms with Gasteiger partial charge in [0.05, 0.1) is 15.3 Å². The van der Waals surface area contributed by atoms with Crippen molar-refractivity contribution in [2.45, 2.75) is 11.8 Å². The highest BCUT2D eigenvalue weighted by atomic mass is 32.2. The summed E-state index contributed by atoms with van der Waals surface area (Å²) >= 11 is 0. The molecule has 3 rings (SSSR count). The molecular formula is C22H17FN2O2S. The number of benzene rings is 2. The first-order valence-electron chi connectivity index (χ1n) is 8.33. The van der Waals surface area contributed by atoms with Crippen molar-refractivity contribution in [3.63, 3.8) is 0 Å². The third-order valence-corrected chi connectivity index (χ3v) is 5.44. The molecule has 0 spiro atoms. The molecule has 1 unspecified atom stereocenters. The maximum atomic E-state index is 13.3. The molecule has 0 radical (unpaired) electrons. The molecule has 2 aromatic carbocycles. The standard InChI is InChI=1S/C22H17FN2O2S/c1-16-12-17(10-11-21(16)23)8-9-18-13-19(15-24-14-18)22(26)25-28(2,27)20-6-4-3-5-7-20/h3-7,10-15H,2H2,1H3,(H,25,26,27). The van der Waals surface area contributed by atoms with Gasteiger partial charge in [-0.15, -0.1) is 0 Å². The highest BCUT2D eigenvalue weighted by Crippen LogP contribution is 2.10. The molecule has 1 atom stereocenters. The molecule has 0 aliphatic rings. The van der Waals surface area contributed by atoms with Crippen LogP contribution in [0.25, 0.3) is 0 Å². The minimum atomic E-state index is -2.98. The van der Waals surface area contributed by atoms with E-state index in [4.69, 9.17) is 0 Å². The van der Waals surface area contributed by atoms with Crippen LogP contribution in [0.2, 0.25) is 0 Å². The molecule has 1 aromatic heterocycles. The van der Waals surface area contributed by atoms with E-state index >= 15 is 0 Å². The number of aromatic nitrogens is 1. The number of pyridine rings is 1. The third-order valence-electron chi connectivity index (χ3n) is 3.89. The Balaban J connectivity index is 1.81. The quantitative estimate of drug-likeness (QED) is 0.549. The van der Waals surface area contributed by atoms with Crippen molar-refractivity contribution in [3.05, 3.63) is 95.1 Å². The van der Waals surface area contributed by atoms with Gasteiger partial charge in [-0.1, -0.05) is 30.0 Å². The lowest BCUT2D eigenvalue weighted by Gasteiger charge is -2.11. The number of aryl methyl sites for hydroxylation is 1. The normalized spacial score (nSPS) is 12.4. The predicted octanol–water partition coefficient (Wildman–Crippen LogP) is 3.35. The van der Waals surface area contributed by atoms with Gasteiger partial charge in [-0.3, -0.25) is 14.5 Å². The predicted molar refractivity (Wildman–Crippen MR) is 109 cm³/mol. The number of amides is 1. The lowest BCUT2D eigenvalue weighted by molar-refractivity contribution is 0.0982. The number of nitrogens with zero attached hydrogens (tertiary/aromatic N) is 1. The molecular weight excluding hydrogens is 375 g/mol. The zero-order chi connectivity index (χ0) is 20.1. The van der Waals surface area contributed by atoms with E-state index < -0.39 is 15.6 Å². The molecule has 0 fully saturated rings. The summed E-state index contributed by atoms with van der Waals surface area (Å²) in [6.07, 6.45) is 2.88. The lowest BCUT2D eigenvalue weighted by atomic mass is 10.1. The average Bonchev–Trinajstić information content (AvgIpc) is 2.69. The molecule has 0 saturated heterocycles. The summed E-state index contributed by atoms with van der Waals surface area (Å²) < 4.78 is 28.5. The fraction of sp³-hybridized carbons (Fsp3) is 0.0455. The van der Waals surface area contributed by atoms with Gasteiger partial charge in [0.25, 0.3) is 5.91 Å². The summed E-state index contributed by atoms with van der Waals surface area (Å²) in [6, 6.07) is 14.6. The number of hydrogen-bond acceptors (Lipinski definition) is 3. The maximum Gasteiger partial charge on any atom is 0.264 e. The molecule has 0 saturated carbocycles. The van der Waals surface area contributed by atoms with Gasteiger partial charge < -0.3 is 0 Å². The highest BCUT2D eigenvalue weighted by Gasteiger charge is 2.13. The third kappa shape index (κ3) is 4.64. The first-order valence-corrected chi connectivity index (χ1v) is 10.1. The fourth-order valence-electron chi connectivity index (χ4n) is 2.41. The van der Waals surface area contributed by atoms with Crippen molar-refractivity contribution < 1.29 is 13.4 Å². The Morgan fingerprint density at radius 2 is 1.79 bits per heavy atom. The van der Waals surface area contributed by atoms with E-state index in [-0.39, 0.29) is 11.4 Å². The maximum absolute atomic E-state index is 13.3. The van der Waals surface area contributed by atoms with E-state index in [1.165, 1.54) is 18.5 Å². The van der Waals surface area contributed by atoms with Gasteiger partial charge in [0, 0.05) is 28.4 Å². The van der Waals surface area contributed by atoms with E-state index in [0.717, 1.165) is 0 Å². The van der Waals surface area contributed by atoms with Crippen molar-refractivity contribution >= 4 is 21.5 Å². The number of halogens is 1. The molecule has 3 aromatic rings. The summed E-state index contributed by atoms with van der Waals surface area (Å²) in [5.74, 6) is 8.60. The molecule has 0 bridgehead atoms. The number of rotatable bonds is 3. The monoisotopic (exact) mass is 392 g/mol. The molecule has 1 N–H and O–H groups in total. The average molecular weight is 392 g/mol. The van der Waals surface area contributed by atoms with Crippen LogP contribution in [-0.2, 0) is 9.71 Å². The van der Waals surface area contributed by atoms with Crippen LogP contribution in [0.5, 0.6) is 0 Å². The smallest absolute Gasteiger partial charge is 0.264 e. The van der Waals surface area contributed by atoms with Gasteiger partial charge in [0.15, 0.2) is 0 Å². The SMILES string of the molecule is C=S(=O)(NC(=O)c1cncc(C#Cc2ccc(F)c(C)c2)c1)c1ccccc1. The lowest BCUT2D eigenvalue weighted by Crippen LogP contribution is -2.30. The van der Waals surface area contributed by atoms with E-state index in [0.29, 0.717) is 21.6 Å². The molecule has 0 aliphatic heterocycles. The summed E-state index contributed by atoms with van der Waals surface area (Å²) in [5.41, 5.74) is 1.88. The second kappa shape index (κ2) is 8.07. The first-order chi connectivity index (χ1) is 13.3. The largest absolute Gasteiger partial charge is 0.275 e. The molecule has 0 aliphatic carbocycles. The van der Waals surface area contributed by atoms with Crippen LogP contribution in [0, 0.1) is 24.6 Å². The summed E-state index contributed by atoms with van der Waals surface area (Å²) in [6.45, 7) is 1.66. The molecule has 6 heteroatoms. The number of carbonyl (C=O) groups is 1. The Hall–Kier alpha value is -3.43. The van der Waals surface area contributed by atoms with Gasteiger partial charge in [-0.05, 0) is 54.8 Å². The Morgan fingerprint density at radius 3 is 2.50 bits per heavy atom. The molecule has 1 heterocycles. The molecule has 28 heavy (non-hydrogen) atoms. The van der Waals surface area contributed by atoms with Crippen LogP contribution < -0.4 is 4.72 Å². The zero-order valence-electron chi connectivity index (χ0n) is 15.1. The van der Waals surface area contributed by atoms with Crippen molar-refractivity contribution in [1.29, 1.82) is 0 Å². The summed E-state index contributed by atoms with van der Waals surface area (Å²) in [7, 11) is -2.98. The van der Waals surface area contributed by atoms with Crippen molar-refractivity contribution in [2.75, 3.05) is 0 Å². The van der Waals surface area contributed by atoms with Crippen LogP contribution >= 0.6 is 0 Å². The number of hydrogen-bond donors (Lipinski definition) is 1. The van der Waals surface area contributed by atoms with E-state index in [2.05, 4.69) is 27.4 Å². The summed E-state index contributed by atoms with van der Waals surface area (Å²) in [4.78, 5) is 16.9. The van der Waals surface area contributed by atoms with Gasteiger partial charge in [0.1, 0.15) is 5.82 Å². The van der Waals surface area contributed by atoms with Crippen LogP contribution in [0.15, 0.2) is 71.9 Å². The topological polar surface area (TPSA) is 59.1 Å². The van der Waals surface area contributed by atoms with E-state index in [1.54, 1.807) is 55.5 Å². The van der Waals surface area contributed by atoms with Crippen molar-refractivity contribution in [1.82, 2.24) is 9.71 Å². The van der Waals surface area contributed by atoms with E-state index in [1.807, 2.05) is 0 Å². The van der Waals surface area contributed by atoms with Crippen molar-refractivity contribution in [2.24, 2.45) is 0 Å². The number of carbonyl (C=O) groups excluding carboxylic acids is 1. The van der Waals surface area contributed by atoms with Gasteiger partial charge in [-0.25, -0.2) is 8.60 Å². The van der Waals surface area contributed by atoms with Crippen LogP contribution in [0.1, 0.15) is 27.0 Å². The van der Waals surface area contributed by atoms with Gasteiger partial charge >= 0.3 is 0 Å². The second-order valence-corrected chi connectivity index (χ2v) is 8.12. The fourth-order valence-corrected chi connectivity index (χ4v) is 3.54. The van der Waals surface area contributed by atoms with Gasteiger partial charge in [0.2, 0.25) is 0 Å². The second-order valence-electron chi connectivity index (χ2n) is 6.10. The van der Waals surface area contributed by atoms with Crippen LogP contribution in [0.3, 0.4) is 0 Å². The first kappa shape index (κ1) is 19.3. The minimum absolute atomic E-state index is 0.217. The van der Waals surface area contributed by atoms with Gasteiger partial charge in [-0.2, -0.15) is 0 Å². The molecule has 4 nitrogen and oxygen atoms in total. The number of nitrogens with one attached hydrogen (secondary N) is 1. The Bertz CT molecular complexity index is 1190. The Labute approximate surface area is 163 Å². The zero-order valence-corrected chi connectivity index (χ0v) is 15.9. The van der Waals surface area contributed by atoms with E-state index in [9.17, 15) is 13.4 Å². The van der Waals surface area contributed by atoms with Crippen molar-refractivity contribution in [3.8, 4) is 11.8 Å². The highest BCUT2D eigenvalue weighted by molar-refractivity contribution is 7.99. The molecule has 1 amide bonds. The minimum Gasteiger partial charge on any atom is -0.275 e. The molecule has 140 valence electrons. The Kier molecular flexibility index (Phi) is 5.57.